The van der Waals surface area contributed by atoms with Crippen LogP contribution in [-0.4, -0.2) is 52.2 Å². The Balaban J connectivity index is 2.44. The predicted octanol–water partition coefficient (Wildman–Crippen LogP) is 2.57. The lowest BCUT2D eigenvalue weighted by Crippen LogP contribution is -2.42. The molecule has 1 rings (SSSR count). The molecule has 0 aromatic carbocycles. The molecular formula is C16H30O5. The topological polar surface area (TPSA) is 54.0 Å². The zero-order chi connectivity index (χ0) is 15.6. The standard InChI is InChI=1S/C16H30O5/c1-14(17)15-6-8-16(9-7-15,20-12-4-10-18-2)21-13-5-11-19-3/h15H,4-13H2,1-3H3. The number of ether oxygens (including phenoxy) is 4. The van der Waals surface area contributed by atoms with Crippen molar-refractivity contribution in [3.8, 4) is 0 Å². The van der Waals surface area contributed by atoms with E-state index in [4.69, 9.17) is 18.9 Å². The molecule has 1 fully saturated rings. The van der Waals surface area contributed by atoms with Crippen molar-refractivity contribution in [3.05, 3.63) is 0 Å². The van der Waals surface area contributed by atoms with Crippen molar-refractivity contribution in [3.63, 3.8) is 0 Å². The molecule has 1 saturated carbocycles. The second kappa shape index (κ2) is 10.3. The van der Waals surface area contributed by atoms with Crippen LogP contribution in [0, 0.1) is 5.92 Å². The van der Waals surface area contributed by atoms with E-state index in [-0.39, 0.29) is 11.7 Å². The highest BCUT2D eigenvalue weighted by Crippen LogP contribution is 2.36. The molecule has 124 valence electrons. The first-order valence-electron chi connectivity index (χ1n) is 7.90. The van der Waals surface area contributed by atoms with Gasteiger partial charge in [0.15, 0.2) is 5.79 Å². The molecule has 0 radical (unpaired) electrons. The van der Waals surface area contributed by atoms with E-state index in [1.54, 1.807) is 21.1 Å². The van der Waals surface area contributed by atoms with Gasteiger partial charge in [-0.25, -0.2) is 0 Å². The molecular weight excluding hydrogens is 272 g/mol. The van der Waals surface area contributed by atoms with Crippen LogP contribution in [0.1, 0.15) is 45.4 Å². The first-order valence-corrected chi connectivity index (χ1v) is 7.90. The van der Waals surface area contributed by atoms with E-state index in [0.717, 1.165) is 38.5 Å². The van der Waals surface area contributed by atoms with Crippen molar-refractivity contribution >= 4 is 5.78 Å². The van der Waals surface area contributed by atoms with Gasteiger partial charge in [-0.1, -0.05) is 0 Å². The van der Waals surface area contributed by atoms with Gasteiger partial charge < -0.3 is 18.9 Å². The van der Waals surface area contributed by atoms with Crippen molar-refractivity contribution in [2.45, 2.75) is 51.2 Å². The molecule has 0 atom stereocenters. The average molecular weight is 302 g/mol. The molecule has 0 spiro atoms. The molecule has 1 aliphatic rings. The number of Topliss-reactive ketones (excluding diaryl/α,β-unsaturated/α-hetero) is 1. The number of carbonyl (C=O) groups excluding carboxylic acids is 1. The summed E-state index contributed by atoms with van der Waals surface area (Å²) in [7, 11) is 3.38. The third-order valence-corrected chi connectivity index (χ3v) is 4.04. The molecule has 0 saturated heterocycles. The van der Waals surface area contributed by atoms with Gasteiger partial charge in [0.05, 0.1) is 13.2 Å². The Kier molecular flexibility index (Phi) is 9.08. The lowest BCUT2D eigenvalue weighted by molar-refractivity contribution is -0.257. The third-order valence-electron chi connectivity index (χ3n) is 4.04. The van der Waals surface area contributed by atoms with Crippen molar-refractivity contribution in [2.75, 3.05) is 40.6 Å². The summed E-state index contributed by atoms with van der Waals surface area (Å²) in [5, 5.41) is 0. The zero-order valence-electron chi connectivity index (χ0n) is 13.7. The fraction of sp³-hybridized carbons (Fsp3) is 0.938. The number of hydrogen-bond donors (Lipinski definition) is 0. The van der Waals surface area contributed by atoms with Crippen LogP contribution in [0.5, 0.6) is 0 Å². The van der Waals surface area contributed by atoms with E-state index in [1.165, 1.54) is 0 Å². The van der Waals surface area contributed by atoms with E-state index in [0.29, 0.717) is 26.4 Å². The monoisotopic (exact) mass is 302 g/mol. The van der Waals surface area contributed by atoms with Gasteiger partial charge in [-0.15, -0.1) is 0 Å². The van der Waals surface area contributed by atoms with Crippen LogP contribution >= 0.6 is 0 Å². The van der Waals surface area contributed by atoms with Crippen molar-refractivity contribution < 1.29 is 23.7 Å². The van der Waals surface area contributed by atoms with Crippen LogP contribution in [0.2, 0.25) is 0 Å². The van der Waals surface area contributed by atoms with Gasteiger partial charge in [0, 0.05) is 46.2 Å². The molecule has 0 aromatic rings. The first-order chi connectivity index (χ1) is 10.1. The van der Waals surface area contributed by atoms with Crippen molar-refractivity contribution in [1.29, 1.82) is 0 Å². The van der Waals surface area contributed by atoms with Crippen molar-refractivity contribution in [2.24, 2.45) is 5.92 Å². The molecule has 5 heteroatoms. The summed E-state index contributed by atoms with van der Waals surface area (Å²) in [4.78, 5) is 11.5. The lowest BCUT2D eigenvalue weighted by atomic mass is 9.83. The van der Waals surface area contributed by atoms with Crippen LogP contribution in [0.15, 0.2) is 0 Å². The van der Waals surface area contributed by atoms with E-state index in [9.17, 15) is 4.79 Å². The minimum Gasteiger partial charge on any atom is -0.385 e. The van der Waals surface area contributed by atoms with Crippen LogP contribution in [0.3, 0.4) is 0 Å². The number of hydrogen-bond acceptors (Lipinski definition) is 5. The Hall–Kier alpha value is -0.490. The molecule has 1 aliphatic carbocycles. The molecule has 0 heterocycles. The molecule has 0 aromatic heterocycles. The molecule has 0 amide bonds. The Morgan fingerprint density at radius 2 is 1.43 bits per heavy atom. The maximum atomic E-state index is 11.5. The fourth-order valence-corrected chi connectivity index (χ4v) is 2.72. The SMILES string of the molecule is COCCCOC1(OCCCOC)CCC(C(C)=O)CC1. The zero-order valence-corrected chi connectivity index (χ0v) is 13.7. The highest BCUT2D eigenvalue weighted by molar-refractivity contribution is 5.78. The summed E-state index contributed by atoms with van der Waals surface area (Å²) in [6, 6.07) is 0. The minimum absolute atomic E-state index is 0.170. The Morgan fingerprint density at radius 1 is 0.952 bits per heavy atom. The summed E-state index contributed by atoms with van der Waals surface area (Å²) in [5.74, 6) is -0.0707. The van der Waals surface area contributed by atoms with Gasteiger partial charge in [-0.05, 0) is 32.6 Å². The summed E-state index contributed by atoms with van der Waals surface area (Å²) in [6.07, 6.45) is 4.99. The largest absolute Gasteiger partial charge is 0.385 e. The summed E-state index contributed by atoms with van der Waals surface area (Å²) < 4.78 is 22.1. The van der Waals surface area contributed by atoms with Gasteiger partial charge >= 0.3 is 0 Å². The van der Waals surface area contributed by atoms with Gasteiger partial charge in [-0.2, -0.15) is 0 Å². The van der Waals surface area contributed by atoms with E-state index >= 15 is 0 Å². The molecule has 5 nitrogen and oxygen atoms in total. The highest BCUT2D eigenvalue weighted by Gasteiger charge is 2.38. The fourth-order valence-electron chi connectivity index (χ4n) is 2.72. The molecule has 0 N–H and O–H groups in total. The second-order valence-electron chi connectivity index (χ2n) is 5.69. The molecule has 21 heavy (non-hydrogen) atoms. The lowest BCUT2D eigenvalue weighted by Gasteiger charge is -2.39. The normalized spacial score (nSPS) is 18.8. The van der Waals surface area contributed by atoms with E-state index in [1.807, 2.05) is 0 Å². The average Bonchev–Trinajstić information content (AvgIpc) is 2.49. The Bertz CT molecular complexity index is 270. The maximum absolute atomic E-state index is 11.5. The maximum Gasteiger partial charge on any atom is 0.168 e. The van der Waals surface area contributed by atoms with Crippen LogP contribution in [0.25, 0.3) is 0 Å². The summed E-state index contributed by atoms with van der Waals surface area (Å²) in [5.41, 5.74) is 0. The summed E-state index contributed by atoms with van der Waals surface area (Å²) >= 11 is 0. The smallest absolute Gasteiger partial charge is 0.168 e. The van der Waals surface area contributed by atoms with Gasteiger partial charge in [0.1, 0.15) is 5.78 Å². The number of rotatable bonds is 11. The number of carbonyl (C=O) groups is 1. The van der Waals surface area contributed by atoms with Crippen molar-refractivity contribution in [1.82, 2.24) is 0 Å². The summed E-state index contributed by atoms with van der Waals surface area (Å²) in [6.45, 7) is 4.31. The predicted molar refractivity (Wildman–Crippen MR) is 80.3 cm³/mol. The van der Waals surface area contributed by atoms with E-state index in [2.05, 4.69) is 0 Å². The van der Waals surface area contributed by atoms with Crippen LogP contribution in [-0.2, 0) is 23.7 Å². The first kappa shape index (κ1) is 18.6. The van der Waals surface area contributed by atoms with Crippen LogP contribution in [0.4, 0.5) is 0 Å². The van der Waals surface area contributed by atoms with Crippen LogP contribution < -0.4 is 0 Å². The second-order valence-corrected chi connectivity index (χ2v) is 5.69. The van der Waals surface area contributed by atoms with Gasteiger partial charge in [0.25, 0.3) is 0 Å². The number of methoxy groups -OCH3 is 2. The minimum atomic E-state index is -0.520. The Morgan fingerprint density at radius 3 is 1.81 bits per heavy atom. The van der Waals surface area contributed by atoms with Gasteiger partial charge in [-0.3, -0.25) is 4.79 Å². The van der Waals surface area contributed by atoms with Gasteiger partial charge in [0.2, 0.25) is 0 Å². The quantitative estimate of drug-likeness (QED) is 0.434. The molecule has 0 bridgehead atoms. The molecule has 0 unspecified atom stereocenters. The Labute approximate surface area is 128 Å². The highest BCUT2D eigenvalue weighted by atomic mass is 16.7. The number of ketones is 1. The third kappa shape index (κ3) is 6.87. The van der Waals surface area contributed by atoms with E-state index < -0.39 is 5.79 Å². The molecule has 0 aliphatic heterocycles.